The predicted octanol–water partition coefficient (Wildman–Crippen LogP) is 2.20. The number of fused-ring (bicyclic) bond motifs is 2. The number of carbonyl (C=O) groups excluding carboxylic acids is 2. The third-order valence-corrected chi connectivity index (χ3v) is 3.91. The van der Waals surface area contributed by atoms with Crippen molar-refractivity contribution in [3.63, 3.8) is 0 Å². The Morgan fingerprint density at radius 2 is 1.38 bits per heavy atom. The zero-order valence-corrected chi connectivity index (χ0v) is 11.4. The average molecular weight is 284 g/mol. The van der Waals surface area contributed by atoms with E-state index in [0.29, 0.717) is 5.56 Å². The van der Waals surface area contributed by atoms with Crippen molar-refractivity contribution < 1.29 is 24.9 Å². The predicted molar refractivity (Wildman–Crippen MR) is 74.2 cm³/mol. The molecule has 0 unspecified atom stereocenters. The molecule has 1 aliphatic carbocycles. The molecule has 0 aliphatic heterocycles. The fraction of sp³-hybridized carbons (Fsp3) is 0.125. The summed E-state index contributed by atoms with van der Waals surface area (Å²) in [6.45, 7) is 3.00. The molecule has 0 bridgehead atoms. The maximum absolute atomic E-state index is 12.6. The summed E-state index contributed by atoms with van der Waals surface area (Å²) in [7, 11) is 0. The fourth-order valence-corrected chi connectivity index (χ4v) is 2.61. The lowest BCUT2D eigenvalue weighted by molar-refractivity contribution is 0.0975. The Morgan fingerprint density at radius 1 is 0.762 bits per heavy atom. The van der Waals surface area contributed by atoms with Crippen LogP contribution in [0, 0.1) is 13.8 Å². The van der Waals surface area contributed by atoms with Crippen LogP contribution in [0.4, 0.5) is 0 Å². The van der Waals surface area contributed by atoms with Gasteiger partial charge in [0.1, 0.15) is 17.2 Å². The molecule has 5 nitrogen and oxygen atoms in total. The van der Waals surface area contributed by atoms with Gasteiger partial charge in [0.2, 0.25) is 0 Å². The molecule has 0 saturated heterocycles. The van der Waals surface area contributed by atoms with Crippen LogP contribution < -0.4 is 0 Å². The third kappa shape index (κ3) is 1.57. The van der Waals surface area contributed by atoms with E-state index < -0.39 is 11.6 Å². The van der Waals surface area contributed by atoms with Crippen molar-refractivity contribution >= 4 is 11.6 Å². The maximum atomic E-state index is 12.6. The summed E-state index contributed by atoms with van der Waals surface area (Å²) in [6.07, 6.45) is 0. The highest BCUT2D eigenvalue weighted by Crippen LogP contribution is 2.40. The first kappa shape index (κ1) is 13.2. The normalized spacial score (nSPS) is 13.0. The van der Waals surface area contributed by atoms with Crippen molar-refractivity contribution in [1.82, 2.24) is 0 Å². The smallest absolute Gasteiger partial charge is 0.198 e. The zero-order valence-electron chi connectivity index (χ0n) is 11.4. The van der Waals surface area contributed by atoms with Crippen LogP contribution in [0.15, 0.2) is 18.2 Å². The monoisotopic (exact) mass is 284 g/mol. The maximum Gasteiger partial charge on any atom is 0.198 e. The van der Waals surface area contributed by atoms with E-state index in [9.17, 15) is 24.9 Å². The van der Waals surface area contributed by atoms with E-state index in [1.807, 2.05) is 0 Å². The van der Waals surface area contributed by atoms with E-state index in [1.165, 1.54) is 32.0 Å². The Hall–Kier alpha value is -2.82. The second-order valence-corrected chi connectivity index (χ2v) is 5.08. The van der Waals surface area contributed by atoms with Gasteiger partial charge in [-0.15, -0.1) is 0 Å². The van der Waals surface area contributed by atoms with Crippen LogP contribution >= 0.6 is 0 Å². The van der Waals surface area contributed by atoms with Crippen LogP contribution in [0.1, 0.15) is 43.0 Å². The van der Waals surface area contributed by atoms with Gasteiger partial charge in [0.05, 0.1) is 5.56 Å². The van der Waals surface area contributed by atoms with Crippen LogP contribution in [0.2, 0.25) is 0 Å². The molecular weight excluding hydrogens is 272 g/mol. The highest BCUT2D eigenvalue weighted by Gasteiger charge is 2.35. The molecule has 5 heteroatoms. The van der Waals surface area contributed by atoms with E-state index in [1.54, 1.807) is 0 Å². The molecule has 0 fully saturated rings. The van der Waals surface area contributed by atoms with Crippen molar-refractivity contribution in [3.05, 3.63) is 51.6 Å². The Bertz CT molecular complexity index is 833. The molecule has 0 spiro atoms. The molecule has 0 saturated carbocycles. The molecule has 0 atom stereocenters. The van der Waals surface area contributed by atoms with Crippen molar-refractivity contribution in [2.75, 3.05) is 0 Å². The van der Waals surface area contributed by atoms with Gasteiger partial charge in [-0.25, -0.2) is 0 Å². The SMILES string of the molecule is Cc1c(O)cc2c(c1O)C(=O)c1ccc(O)c(C)c1C2=O. The minimum absolute atomic E-state index is 0.0539. The average Bonchev–Trinajstić information content (AvgIpc) is 2.44. The number of rotatable bonds is 0. The molecule has 0 heterocycles. The largest absolute Gasteiger partial charge is 0.508 e. The van der Waals surface area contributed by atoms with E-state index in [4.69, 9.17) is 0 Å². The third-order valence-electron chi connectivity index (χ3n) is 3.91. The molecule has 2 aromatic rings. The van der Waals surface area contributed by atoms with Crippen LogP contribution in [0.3, 0.4) is 0 Å². The number of phenols is 3. The molecule has 0 aromatic heterocycles. The molecule has 21 heavy (non-hydrogen) atoms. The summed E-state index contributed by atoms with van der Waals surface area (Å²) in [5, 5.41) is 29.6. The van der Waals surface area contributed by atoms with Gasteiger partial charge in [-0.1, -0.05) is 0 Å². The summed E-state index contributed by atoms with van der Waals surface area (Å²) in [4.78, 5) is 25.1. The van der Waals surface area contributed by atoms with Crippen molar-refractivity contribution in [3.8, 4) is 17.2 Å². The number of benzene rings is 2. The number of hydrogen-bond acceptors (Lipinski definition) is 5. The molecule has 0 radical (unpaired) electrons. The Kier molecular flexibility index (Phi) is 2.56. The van der Waals surface area contributed by atoms with Gasteiger partial charge < -0.3 is 15.3 Å². The van der Waals surface area contributed by atoms with Gasteiger partial charge in [-0.05, 0) is 32.0 Å². The van der Waals surface area contributed by atoms with Gasteiger partial charge in [0, 0.05) is 27.8 Å². The molecule has 1 aliphatic rings. The van der Waals surface area contributed by atoms with E-state index >= 15 is 0 Å². The molecule has 2 aromatic carbocycles. The van der Waals surface area contributed by atoms with E-state index in [0.717, 1.165) is 0 Å². The first-order chi connectivity index (χ1) is 9.84. The summed E-state index contributed by atoms with van der Waals surface area (Å²) < 4.78 is 0. The lowest BCUT2D eigenvalue weighted by atomic mass is 9.80. The minimum atomic E-state index is -0.501. The first-order valence-electron chi connectivity index (χ1n) is 6.32. The van der Waals surface area contributed by atoms with Crippen molar-refractivity contribution in [2.45, 2.75) is 13.8 Å². The summed E-state index contributed by atoms with van der Waals surface area (Å²) in [5.74, 6) is -1.73. The lowest BCUT2D eigenvalue weighted by Crippen LogP contribution is -2.22. The lowest BCUT2D eigenvalue weighted by Gasteiger charge is -2.21. The van der Waals surface area contributed by atoms with Gasteiger partial charge in [0.25, 0.3) is 0 Å². The van der Waals surface area contributed by atoms with E-state index in [-0.39, 0.29) is 45.1 Å². The second-order valence-electron chi connectivity index (χ2n) is 5.08. The van der Waals surface area contributed by atoms with Gasteiger partial charge in [-0.3, -0.25) is 9.59 Å². The highest BCUT2D eigenvalue weighted by molar-refractivity contribution is 6.30. The molecule has 106 valence electrons. The quantitative estimate of drug-likeness (QED) is 0.588. The van der Waals surface area contributed by atoms with Gasteiger partial charge in [-0.2, -0.15) is 0 Å². The van der Waals surface area contributed by atoms with Crippen molar-refractivity contribution in [2.24, 2.45) is 0 Å². The molecule has 3 N–H and O–H groups in total. The number of hydrogen-bond donors (Lipinski definition) is 3. The van der Waals surface area contributed by atoms with Crippen molar-refractivity contribution in [1.29, 1.82) is 0 Å². The minimum Gasteiger partial charge on any atom is -0.508 e. The summed E-state index contributed by atoms with van der Waals surface area (Å²) in [6, 6.07) is 3.88. The van der Waals surface area contributed by atoms with E-state index in [2.05, 4.69) is 0 Å². The van der Waals surface area contributed by atoms with Crippen LogP contribution in [0.25, 0.3) is 0 Å². The number of aromatic hydroxyl groups is 3. The molecule has 3 rings (SSSR count). The van der Waals surface area contributed by atoms with Crippen LogP contribution in [0.5, 0.6) is 17.2 Å². The van der Waals surface area contributed by atoms with Crippen LogP contribution in [-0.2, 0) is 0 Å². The number of phenolic OH excluding ortho intramolecular Hbond substituents is 3. The highest BCUT2D eigenvalue weighted by atomic mass is 16.3. The summed E-state index contributed by atoms with van der Waals surface area (Å²) in [5.41, 5.74) is 0.540. The Morgan fingerprint density at radius 3 is 2.05 bits per heavy atom. The summed E-state index contributed by atoms with van der Waals surface area (Å²) >= 11 is 0. The Balaban J connectivity index is 2.41. The van der Waals surface area contributed by atoms with Crippen LogP contribution in [-0.4, -0.2) is 26.9 Å². The number of ketones is 2. The van der Waals surface area contributed by atoms with Gasteiger partial charge in [0.15, 0.2) is 11.6 Å². The molecular formula is C16H12O5. The fourth-order valence-electron chi connectivity index (χ4n) is 2.61. The Labute approximate surface area is 120 Å². The second kappa shape index (κ2) is 4.09. The zero-order chi connectivity index (χ0) is 15.5. The molecule has 0 amide bonds. The topological polar surface area (TPSA) is 94.8 Å². The first-order valence-corrected chi connectivity index (χ1v) is 6.32. The number of carbonyl (C=O) groups is 2. The van der Waals surface area contributed by atoms with Gasteiger partial charge >= 0.3 is 0 Å². The standard InChI is InChI=1S/C16H12O5/c1-6-10(17)4-3-8-12(6)16(21)9-5-11(18)7(2)14(19)13(9)15(8)20/h3-5,17-19H,1-2H3.